The van der Waals surface area contributed by atoms with Crippen molar-refractivity contribution >= 4 is 35.1 Å². The van der Waals surface area contributed by atoms with E-state index >= 15 is 0 Å². The number of pyridine rings is 1. The first-order valence-corrected chi connectivity index (χ1v) is 11.4. The number of hydrogen-bond acceptors (Lipinski definition) is 5. The van der Waals surface area contributed by atoms with Gasteiger partial charge in [-0.3, -0.25) is 14.4 Å². The normalized spacial score (nSPS) is 20.1. The van der Waals surface area contributed by atoms with Crippen molar-refractivity contribution < 1.29 is 14.4 Å². The minimum absolute atomic E-state index is 0.0414. The molecule has 0 spiro atoms. The number of anilines is 1. The molecule has 3 amide bonds. The summed E-state index contributed by atoms with van der Waals surface area (Å²) in [6.45, 7) is 1.83. The summed E-state index contributed by atoms with van der Waals surface area (Å²) in [7, 11) is 1.55. The number of halogens is 1. The fourth-order valence-electron chi connectivity index (χ4n) is 4.44. The molecule has 1 fully saturated rings. The predicted octanol–water partition coefficient (Wildman–Crippen LogP) is 2.72. The van der Waals surface area contributed by atoms with Crippen LogP contribution in [0, 0.1) is 0 Å². The summed E-state index contributed by atoms with van der Waals surface area (Å²) in [6.07, 6.45) is 4.41. The van der Waals surface area contributed by atoms with E-state index in [4.69, 9.17) is 17.3 Å². The number of nitrogens with two attached hydrogens (primary N) is 1. The van der Waals surface area contributed by atoms with E-state index in [1.807, 2.05) is 18.2 Å². The van der Waals surface area contributed by atoms with Crippen molar-refractivity contribution in [2.24, 2.45) is 5.73 Å². The van der Waals surface area contributed by atoms with Gasteiger partial charge in [-0.1, -0.05) is 23.7 Å². The molecule has 0 radical (unpaired) electrons. The summed E-state index contributed by atoms with van der Waals surface area (Å²) in [5.74, 6) is -0.387. The molecule has 8 nitrogen and oxygen atoms in total. The van der Waals surface area contributed by atoms with Crippen molar-refractivity contribution in [2.75, 3.05) is 25.5 Å². The number of aromatic nitrogens is 1. The highest BCUT2D eigenvalue weighted by atomic mass is 35.5. The lowest BCUT2D eigenvalue weighted by Crippen LogP contribution is -2.50. The molecular formula is C24H30ClN5O3. The number of carbonyl (C=O) groups excluding carboxylic acids is 3. The van der Waals surface area contributed by atoms with E-state index in [-0.39, 0.29) is 35.7 Å². The number of nitrogens with one attached hydrogen (secondary N) is 2. The molecule has 1 aromatic carbocycles. The monoisotopic (exact) mass is 471 g/mol. The van der Waals surface area contributed by atoms with Crippen molar-refractivity contribution in [3.8, 4) is 0 Å². The van der Waals surface area contributed by atoms with E-state index in [0.29, 0.717) is 35.8 Å². The third-order valence-electron chi connectivity index (χ3n) is 6.35. The lowest BCUT2D eigenvalue weighted by molar-refractivity contribution is -0.122. The van der Waals surface area contributed by atoms with Crippen LogP contribution in [0.15, 0.2) is 42.6 Å². The number of carbonyl (C=O) groups is 3. The Kier molecular flexibility index (Phi) is 8.05. The lowest BCUT2D eigenvalue weighted by Gasteiger charge is -2.43. The van der Waals surface area contributed by atoms with Gasteiger partial charge in [0.15, 0.2) is 0 Å². The summed E-state index contributed by atoms with van der Waals surface area (Å²) in [5.41, 5.74) is 7.48. The standard InChI is InChI=1S/C24H30ClN5O3/c1-16(31)29-21-7-6-17(13-28-21)23(33)30(14-22(32)27-2)20-8-10-24(15-26,11-9-20)18-4-3-5-19(25)12-18/h3-7,12-13,20H,8-11,14-15,26H2,1-2H3,(H,27,32)(H,28,29,31)/t20-,24-. The highest BCUT2D eigenvalue weighted by molar-refractivity contribution is 6.30. The van der Waals surface area contributed by atoms with E-state index in [9.17, 15) is 14.4 Å². The zero-order valence-electron chi connectivity index (χ0n) is 18.9. The maximum absolute atomic E-state index is 13.4. The van der Waals surface area contributed by atoms with Crippen molar-refractivity contribution in [2.45, 2.75) is 44.1 Å². The van der Waals surface area contributed by atoms with Gasteiger partial charge in [0.1, 0.15) is 12.4 Å². The van der Waals surface area contributed by atoms with Crippen LogP contribution in [-0.4, -0.2) is 53.8 Å². The third kappa shape index (κ3) is 5.89. The second-order valence-electron chi connectivity index (χ2n) is 8.45. The van der Waals surface area contributed by atoms with Crippen molar-refractivity contribution in [3.63, 3.8) is 0 Å². The molecule has 0 bridgehead atoms. The van der Waals surface area contributed by atoms with Crippen LogP contribution in [0.3, 0.4) is 0 Å². The highest BCUT2D eigenvalue weighted by Gasteiger charge is 2.39. The molecule has 1 aliphatic carbocycles. The molecule has 0 saturated heterocycles. The van der Waals surface area contributed by atoms with Crippen LogP contribution in [0.25, 0.3) is 0 Å². The topological polar surface area (TPSA) is 117 Å². The second-order valence-corrected chi connectivity index (χ2v) is 8.88. The van der Waals surface area contributed by atoms with Crippen LogP contribution in [0.1, 0.15) is 48.5 Å². The van der Waals surface area contributed by atoms with Crippen LogP contribution >= 0.6 is 11.6 Å². The van der Waals surface area contributed by atoms with Gasteiger partial charge in [-0.05, 0) is 55.5 Å². The zero-order valence-corrected chi connectivity index (χ0v) is 19.7. The summed E-state index contributed by atoms with van der Waals surface area (Å²) in [6, 6.07) is 10.9. The van der Waals surface area contributed by atoms with E-state index in [1.165, 1.54) is 13.1 Å². The summed E-state index contributed by atoms with van der Waals surface area (Å²) < 4.78 is 0. The predicted molar refractivity (Wildman–Crippen MR) is 128 cm³/mol. The number of rotatable bonds is 7. The van der Waals surface area contributed by atoms with Gasteiger partial charge >= 0.3 is 0 Å². The van der Waals surface area contributed by atoms with Gasteiger partial charge in [-0.2, -0.15) is 0 Å². The van der Waals surface area contributed by atoms with Gasteiger partial charge in [-0.15, -0.1) is 0 Å². The lowest BCUT2D eigenvalue weighted by atomic mass is 9.68. The van der Waals surface area contributed by atoms with Crippen LogP contribution in [0.5, 0.6) is 0 Å². The molecular weight excluding hydrogens is 442 g/mol. The van der Waals surface area contributed by atoms with Gasteiger partial charge in [0, 0.05) is 43.2 Å². The van der Waals surface area contributed by atoms with E-state index in [2.05, 4.69) is 21.7 Å². The molecule has 0 unspecified atom stereocenters. The van der Waals surface area contributed by atoms with E-state index < -0.39 is 0 Å². The number of nitrogens with zero attached hydrogens (tertiary/aromatic N) is 2. The van der Waals surface area contributed by atoms with Crippen molar-refractivity contribution in [1.82, 2.24) is 15.2 Å². The Bertz CT molecular complexity index is 1000. The Morgan fingerprint density at radius 1 is 1.21 bits per heavy atom. The van der Waals surface area contributed by atoms with Crippen LogP contribution in [0.2, 0.25) is 5.02 Å². The first kappa shape index (κ1) is 24.7. The van der Waals surface area contributed by atoms with Gasteiger partial charge in [0.05, 0.1) is 5.56 Å². The summed E-state index contributed by atoms with van der Waals surface area (Å²) in [4.78, 5) is 42.5. The zero-order chi connectivity index (χ0) is 24.0. The average molecular weight is 472 g/mol. The Morgan fingerprint density at radius 2 is 1.94 bits per heavy atom. The fourth-order valence-corrected chi connectivity index (χ4v) is 4.63. The molecule has 9 heteroatoms. The average Bonchev–Trinajstić information content (AvgIpc) is 2.82. The molecule has 1 heterocycles. The minimum Gasteiger partial charge on any atom is -0.358 e. The smallest absolute Gasteiger partial charge is 0.256 e. The minimum atomic E-state index is -0.270. The van der Waals surface area contributed by atoms with E-state index in [0.717, 1.165) is 18.4 Å². The van der Waals surface area contributed by atoms with Crippen LogP contribution in [0.4, 0.5) is 5.82 Å². The molecule has 1 aromatic heterocycles. The molecule has 0 atom stereocenters. The quantitative estimate of drug-likeness (QED) is 0.574. The molecule has 3 rings (SSSR count). The maximum atomic E-state index is 13.4. The molecule has 1 aliphatic rings. The second kappa shape index (κ2) is 10.8. The molecule has 2 aromatic rings. The Labute approximate surface area is 198 Å². The number of benzene rings is 1. The molecule has 33 heavy (non-hydrogen) atoms. The Balaban J connectivity index is 1.79. The number of likely N-dealkylation sites (N-methyl/N-ethyl adjacent to an activating group) is 1. The first-order chi connectivity index (χ1) is 15.8. The highest BCUT2D eigenvalue weighted by Crippen LogP contribution is 2.41. The van der Waals surface area contributed by atoms with Gasteiger partial charge in [-0.25, -0.2) is 4.98 Å². The largest absolute Gasteiger partial charge is 0.358 e. The van der Waals surface area contributed by atoms with Gasteiger partial charge < -0.3 is 21.3 Å². The van der Waals surface area contributed by atoms with Gasteiger partial charge in [0.25, 0.3) is 5.91 Å². The van der Waals surface area contributed by atoms with Crippen LogP contribution < -0.4 is 16.4 Å². The van der Waals surface area contributed by atoms with Crippen LogP contribution in [-0.2, 0) is 15.0 Å². The molecule has 4 N–H and O–H groups in total. The third-order valence-corrected chi connectivity index (χ3v) is 6.58. The summed E-state index contributed by atoms with van der Waals surface area (Å²) >= 11 is 6.22. The number of hydrogen-bond donors (Lipinski definition) is 3. The van der Waals surface area contributed by atoms with E-state index in [1.54, 1.807) is 24.1 Å². The Hall–Kier alpha value is -2.97. The van der Waals surface area contributed by atoms with Crippen molar-refractivity contribution in [3.05, 3.63) is 58.7 Å². The number of amides is 3. The molecule has 0 aliphatic heterocycles. The Morgan fingerprint density at radius 3 is 2.48 bits per heavy atom. The molecule has 176 valence electrons. The van der Waals surface area contributed by atoms with Gasteiger partial charge in [0.2, 0.25) is 11.8 Å². The first-order valence-electron chi connectivity index (χ1n) is 11.0. The maximum Gasteiger partial charge on any atom is 0.256 e. The fraction of sp³-hybridized carbons (Fsp3) is 0.417. The molecule has 1 saturated carbocycles. The van der Waals surface area contributed by atoms with Crippen molar-refractivity contribution in [1.29, 1.82) is 0 Å². The summed E-state index contributed by atoms with van der Waals surface area (Å²) in [5, 5.41) is 5.86. The SMILES string of the molecule is CNC(=O)CN(C(=O)c1ccc(NC(C)=O)nc1)[C@H]1CC[C@](CN)(c2cccc(Cl)c2)CC1.